The predicted molar refractivity (Wildman–Crippen MR) is 96.6 cm³/mol. The Morgan fingerprint density at radius 3 is 2.67 bits per heavy atom. The summed E-state index contributed by atoms with van der Waals surface area (Å²) >= 11 is 0. The number of anilines is 1. The van der Waals surface area contributed by atoms with Gasteiger partial charge in [0.2, 0.25) is 0 Å². The van der Waals surface area contributed by atoms with Gasteiger partial charge in [-0.25, -0.2) is 12.4 Å². The van der Waals surface area contributed by atoms with Crippen LogP contribution in [0.5, 0.6) is 11.5 Å². The highest BCUT2D eigenvalue weighted by Gasteiger charge is 2.21. The molecule has 2 aromatic heterocycles. The molecular weight excluding hydrogens is 370 g/mol. The van der Waals surface area contributed by atoms with Gasteiger partial charge in [0.25, 0.3) is 15.9 Å². The molecule has 1 aromatic carbocycles. The quantitative estimate of drug-likeness (QED) is 0.739. The Kier molecular flexibility index (Phi) is 4.28. The van der Waals surface area contributed by atoms with Gasteiger partial charge in [0, 0.05) is 24.7 Å². The summed E-state index contributed by atoms with van der Waals surface area (Å²) in [4.78, 5) is 16.2. The van der Waals surface area contributed by atoms with Crippen molar-refractivity contribution in [3.63, 3.8) is 0 Å². The van der Waals surface area contributed by atoms with Crippen molar-refractivity contribution >= 4 is 21.6 Å². The molecule has 4 rings (SSSR count). The maximum absolute atomic E-state index is 12.8. The molecule has 0 fully saturated rings. The van der Waals surface area contributed by atoms with Gasteiger partial charge in [0.05, 0.1) is 10.6 Å². The fourth-order valence-corrected chi connectivity index (χ4v) is 3.81. The van der Waals surface area contributed by atoms with E-state index in [9.17, 15) is 13.2 Å². The Morgan fingerprint density at radius 2 is 1.89 bits per heavy atom. The van der Waals surface area contributed by atoms with Crippen LogP contribution in [0.15, 0.2) is 66.0 Å². The van der Waals surface area contributed by atoms with E-state index in [1.807, 2.05) is 0 Å². The van der Waals surface area contributed by atoms with E-state index < -0.39 is 15.9 Å². The van der Waals surface area contributed by atoms with Crippen molar-refractivity contribution in [3.8, 4) is 11.5 Å². The van der Waals surface area contributed by atoms with Gasteiger partial charge in [-0.2, -0.15) is 0 Å². The number of pyridine rings is 1. The summed E-state index contributed by atoms with van der Waals surface area (Å²) in [6.45, 7) is 0.791. The smallest absolute Gasteiger partial charge is 0.274 e. The third kappa shape index (κ3) is 3.36. The number of benzene rings is 1. The topological polar surface area (TPSA) is 99.5 Å². The molecule has 0 spiro atoms. The molecule has 9 heteroatoms. The number of ether oxygens (including phenoxy) is 2. The van der Waals surface area contributed by atoms with Crippen LogP contribution in [0.1, 0.15) is 10.5 Å². The molecule has 27 heavy (non-hydrogen) atoms. The second-order valence-corrected chi connectivity index (χ2v) is 7.55. The number of rotatable bonds is 4. The van der Waals surface area contributed by atoms with Gasteiger partial charge in [0.15, 0.2) is 11.5 Å². The zero-order valence-corrected chi connectivity index (χ0v) is 14.8. The molecule has 0 radical (unpaired) electrons. The van der Waals surface area contributed by atoms with Gasteiger partial charge in [-0.15, -0.1) is 0 Å². The van der Waals surface area contributed by atoms with Crippen LogP contribution in [0.2, 0.25) is 0 Å². The minimum Gasteiger partial charge on any atom is -0.486 e. The minimum atomic E-state index is -3.84. The van der Waals surface area contributed by atoms with Gasteiger partial charge < -0.3 is 14.8 Å². The normalized spacial score (nSPS) is 13.2. The number of fused-ring (bicyclic) bond motifs is 1. The first-order valence-corrected chi connectivity index (χ1v) is 9.54. The lowest BCUT2D eigenvalue weighted by Crippen LogP contribution is -2.17. The van der Waals surface area contributed by atoms with Crippen molar-refractivity contribution in [3.05, 3.63) is 66.7 Å². The van der Waals surface area contributed by atoms with Crippen molar-refractivity contribution in [2.24, 2.45) is 0 Å². The highest BCUT2D eigenvalue weighted by atomic mass is 32.2. The highest BCUT2D eigenvalue weighted by Crippen LogP contribution is 2.33. The summed E-state index contributed by atoms with van der Waals surface area (Å²) in [7, 11) is -3.84. The van der Waals surface area contributed by atoms with Crippen molar-refractivity contribution < 1.29 is 22.7 Å². The second-order valence-electron chi connectivity index (χ2n) is 5.71. The third-order valence-corrected chi connectivity index (χ3v) is 5.54. The van der Waals surface area contributed by atoms with E-state index in [2.05, 4.69) is 10.3 Å². The van der Waals surface area contributed by atoms with Crippen LogP contribution in [0.25, 0.3) is 0 Å². The maximum Gasteiger partial charge on any atom is 0.274 e. The van der Waals surface area contributed by atoms with Gasteiger partial charge in [-0.1, -0.05) is 6.07 Å². The van der Waals surface area contributed by atoms with Gasteiger partial charge >= 0.3 is 0 Å². The number of amides is 1. The molecule has 1 aliphatic heterocycles. The SMILES string of the molecule is O=C(Nc1ccn(S(=O)(=O)c2ccc3c(c2)OCCO3)c1)c1ccccn1. The van der Waals surface area contributed by atoms with E-state index >= 15 is 0 Å². The highest BCUT2D eigenvalue weighted by molar-refractivity contribution is 7.90. The Morgan fingerprint density at radius 1 is 1.07 bits per heavy atom. The number of nitrogens with zero attached hydrogens (tertiary/aromatic N) is 2. The molecule has 0 saturated carbocycles. The van der Waals surface area contributed by atoms with E-state index in [0.29, 0.717) is 30.4 Å². The average Bonchev–Trinajstić information content (AvgIpc) is 3.17. The molecular formula is C18H15N3O5S. The summed E-state index contributed by atoms with van der Waals surface area (Å²) in [6, 6.07) is 10.9. The van der Waals surface area contributed by atoms with E-state index in [-0.39, 0.29) is 10.6 Å². The number of hydrogen-bond donors (Lipinski definition) is 1. The predicted octanol–water partition coefficient (Wildman–Crippen LogP) is 2.14. The molecule has 0 unspecified atom stereocenters. The molecule has 8 nitrogen and oxygen atoms in total. The fourth-order valence-electron chi connectivity index (χ4n) is 2.60. The van der Waals surface area contributed by atoms with Crippen molar-refractivity contribution in [1.82, 2.24) is 8.96 Å². The molecule has 0 saturated heterocycles. The average molecular weight is 385 g/mol. The monoisotopic (exact) mass is 385 g/mol. The largest absolute Gasteiger partial charge is 0.486 e. The summed E-state index contributed by atoms with van der Waals surface area (Å²) in [5.74, 6) is 0.472. The summed E-state index contributed by atoms with van der Waals surface area (Å²) < 4.78 is 37.5. The van der Waals surface area contributed by atoms with E-state index in [0.717, 1.165) is 3.97 Å². The van der Waals surface area contributed by atoms with Crippen molar-refractivity contribution in [1.29, 1.82) is 0 Å². The second kappa shape index (κ2) is 6.76. The first-order valence-electron chi connectivity index (χ1n) is 8.10. The Hall–Kier alpha value is -3.33. The number of nitrogens with one attached hydrogen (secondary N) is 1. The van der Waals surface area contributed by atoms with E-state index in [4.69, 9.17) is 9.47 Å². The molecule has 0 aliphatic carbocycles. The van der Waals surface area contributed by atoms with Crippen LogP contribution < -0.4 is 14.8 Å². The molecule has 0 bridgehead atoms. The molecule has 1 amide bonds. The number of carbonyl (C=O) groups excluding carboxylic acids is 1. The Labute approximate surface area is 155 Å². The molecule has 0 atom stereocenters. The first kappa shape index (κ1) is 17.1. The van der Waals surface area contributed by atoms with Gasteiger partial charge in [0.1, 0.15) is 18.9 Å². The lowest BCUT2D eigenvalue weighted by atomic mass is 10.3. The van der Waals surface area contributed by atoms with Crippen LogP contribution in [0.3, 0.4) is 0 Å². The van der Waals surface area contributed by atoms with Crippen LogP contribution in [-0.4, -0.2) is 36.5 Å². The third-order valence-electron chi connectivity index (χ3n) is 3.91. The minimum absolute atomic E-state index is 0.0601. The van der Waals surface area contributed by atoms with E-state index in [1.54, 1.807) is 24.3 Å². The number of aromatic nitrogens is 2. The zero-order chi connectivity index (χ0) is 18.9. The zero-order valence-electron chi connectivity index (χ0n) is 14.0. The fraction of sp³-hybridized carbons (Fsp3) is 0.111. The first-order chi connectivity index (χ1) is 13.0. The molecule has 1 N–H and O–H groups in total. The van der Waals surface area contributed by atoms with Crippen LogP contribution in [0, 0.1) is 0 Å². The summed E-state index contributed by atoms with van der Waals surface area (Å²) in [5.41, 5.74) is 0.576. The Balaban J connectivity index is 1.58. The van der Waals surface area contributed by atoms with Gasteiger partial charge in [-0.3, -0.25) is 9.78 Å². The van der Waals surface area contributed by atoms with Gasteiger partial charge in [-0.05, 0) is 30.3 Å². The van der Waals surface area contributed by atoms with Crippen LogP contribution >= 0.6 is 0 Å². The maximum atomic E-state index is 12.8. The van der Waals surface area contributed by atoms with Crippen LogP contribution in [0.4, 0.5) is 5.69 Å². The van der Waals surface area contributed by atoms with Crippen LogP contribution in [-0.2, 0) is 10.0 Å². The lowest BCUT2D eigenvalue weighted by Gasteiger charge is -2.18. The molecule has 138 valence electrons. The molecule has 1 aliphatic rings. The molecule has 3 aromatic rings. The Bertz CT molecular complexity index is 1090. The standard InChI is InChI=1S/C18H15N3O5S/c22-18(15-3-1-2-7-19-15)20-13-6-8-21(12-13)27(23,24)14-4-5-16-17(11-14)26-10-9-25-16/h1-8,11-12H,9-10H2,(H,20,22). The van der Waals surface area contributed by atoms with E-state index in [1.165, 1.54) is 36.8 Å². The summed E-state index contributed by atoms with van der Waals surface area (Å²) in [5, 5.41) is 2.62. The number of hydrogen-bond acceptors (Lipinski definition) is 6. The molecule has 3 heterocycles. The van der Waals surface area contributed by atoms with Crippen molar-refractivity contribution in [2.75, 3.05) is 18.5 Å². The van der Waals surface area contributed by atoms with Crippen molar-refractivity contribution in [2.45, 2.75) is 4.90 Å². The number of carbonyl (C=O) groups is 1. The lowest BCUT2D eigenvalue weighted by molar-refractivity contribution is 0.102. The summed E-state index contributed by atoms with van der Waals surface area (Å²) in [6.07, 6.45) is 4.19.